The number of nitrogens with one attached hydrogen (secondary N) is 2. The Hall–Kier alpha value is -2.11. The van der Waals surface area contributed by atoms with E-state index in [0.717, 1.165) is 54.4 Å². The summed E-state index contributed by atoms with van der Waals surface area (Å²) in [6, 6.07) is 0.354. The van der Waals surface area contributed by atoms with Crippen molar-refractivity contribution in [2.45, 2.75) is 66.3 Å². The van der Waals surface area contributed by atoms with Crippen LogP contribution in [0, 0.1) is 5.41 Å². The van der Waals surface area contributed by atoms with Crippen molar-refractivity contribution >= 4 is 17.5 Å². The fourth-order valence-electron chi connectivity index (χ4n) is 3.12. The van der Waals surface area contributed by atoms with E-state index in [0.29, 0.717) is 18.9 Å². The van der Waals surface area contributed by atoms with Gasteiger partial charge in [0.2, 0.25) is 0 Å². The molecule has 1 aliphatic carbocycles. The van der Waals surface area contributed by atoms with Crippen LogP contribution in [0.15, 0.2) is 33.0 Å². The molecule has 0 spiro atoms. The normalized spacial score (nSPS) is 27.3. The molecule has 0 fully saturated rings. The molecule has 0 amide bonds. The summed E-state index contributed by atoms with van der Waals surface area (Å²) in [5.74, 6) is 1.03. The summed E-state index contributed by atoms with van der Waals surface area (Å²) in [5, 5.41) is 16.2. The Balaban J connectivity index is 2.24. The Labute approximate surface area is 156 Å². The van der Waals surface area contributed by atoms with Gasteiger partial charge in [0, 0.05) is 23.9 Å². The van der Waals surface area contributed by atoms with Gasteiger partial charge in [-0.1, -0.05) is 13.0 Å². The van der Waals surface area contributed by atoms with Crippen LogP contribution in [0.5, 0.6) is 0 Å². The molecule has 0 radical (unpaired) electrons. The molecule has 0 aromatic carbocycles. The van der Waals surface area contributed by atoms with Gasteiger partial charge in [0.1, 0.15) is 11.7 Å². The zero-order valence-electron chi connectivity index (χ0n) is 16.6. The van der Waals surface area contributed by atoms with Crippen molar-refractivity contribution in [1.82, 2.24) is 10.6 Å². The topological polar surface area (TPSA) is 86.1 Å². The van der Waals surface area contributed by atoms with Crippen molar-refractivity contribution in [3.63, 3.8) is 0 Å². The second-order valence-corrected chi connectivity index (χ2v) is 7.63. The number of aliphatic imine (C=N–C) groups is 2. The first-order valence-corrected chi connectivity index (χ1v) is 9.51. The van der Waals surface area contributed by atoms with Gasteiger partial charge >= 0.3 is 5.97 Å². The van der Waals surface area contributed by atoms with E-state index in [1.54, 1.807) is 0 Å². The third-order valence-corrected chi connectivity index (χ3v) is 5.16. The lowest BCUT2D eigenvalue weighted by Crippen LogP contribution is -2.30. The highest BCUT2D eigenvalue weighted by molar-refractivity contribution is 6.02. The van der Waals surface area contributed by atoms with Gasteiger partial charge in [-0.3, -0.25) is 9.79 Å². The van der Waals surface area contributed by atoms with Crippen LogP contribution < -0.4 is 10.6 Å². The second-order valence-electron chi connectivity index (χ2n) is 7.63. The van der Waals surface area contributed by atoms with Crippen molar-refractivity contribution in [2.24, 2.45) is 15.4 Å². The maximum atomic E-state index is 11.4. The van der Waals surface area contributed by atoms with E-state index in [2.05, 4.69) is 29.5 Å². The highest BCUT2D eigenvalue weighted by Crippen LogP contribution is 2.35. The number of nitrogens with zero attached hydrogens (tertiary/aromatic N) is 2. The number of rotatable bonds is 7. The van der Waals surface area contributed by atoms with Gasteiger partial charge in [0.05, 0.1) is 12.0 Å². The molecule has 26 heavy (non-hydrogen) atoms. The van der Waals surface area contributed by atoms with Gasteiger partial charge in [0.25, 0.3) is 0 Å². The van der Waals surface area contributed by atoms with Gasteiger partial charge in [-0.2, -0.15) is 0 Å². The second kappa shape index (κ2) is 8.52. The number of carbonyl (C=O) groups is 1. The van der Waals surface area contributed by atoms with Gasteiger partial charge in [-0.05, 0) is 59.0 Å². The molecule has 3 N–H and O–H groups in total. The summed E-state index contributed by atoms with van der Waals surface area (Å²) in [5.41, 5.74) is 2.45. The van der Waals surface area contributed by atoms with E-state index in [9.17, 15) is 9.90 Å². The summed E-state index contributed by atoms with van der Waals surface area (Å²) in [6.07, 6.45) is 5.00. The molecule has 2 aliphatic rings. The molecule has 6 nitrogen and oxygen atoms in total. The monoisotopic (exact) mass is 360 g/mol. The first-order chi connectivity index (χ1) is 12.3. The first-order valence-electron chi connectivity index (χ1n) is 9.51. The minimum Gasteiger partial charge on any atom is -0.481 e. The van der Waals surface area contributed by atoms with Crippen LogP contribution in [0.25, 0.3) is 0 Å². The lowest BCUT2D eigenvalue weighted by atomic mass is 9.76. The summed E-state index contributed by atoms with van der Waals surface area (Å²) in [6.45, 7) is 11.7. The van der Waals surface area contributed by atoms with E-state index >= 15 is 0 Å². The van der Waals surface area contributed by atoms with Crippen LogP contribution in [0.4, 0.5) is 0 Å². The van der Waals surface area contributed by atoms with Crippen molar-refractivity contribution < 1.29 is 9.90 Å². The van der Waals surface area contributed by atoms with E-state index in [-0.39, 0.29) is 0 Å². The Morgan fingerprint density at radius 1 is 1.50 bits per heavy atom. The van der Waals surface area contributed by atoms with Crippen LogP contribution in [0.1, 0.15) is 60.3 Å². The SMILES string of the molecule is CCCN/C(N=C(C)C1=CCC(C)(C(=O)O)CC1)=C(/C)C1=NC[C@@H](C)N1. The quantitative estimate of drug-likeness (QED) is 0.608. The largest absolute Gasteiger partial charge is 0.481 e. The maximum absolute atomic E-state index is 11.4. The molecule has 0 saturated heterocycles. The molecule has 0 saturated carbocycles. The number of aliphatic carboxylic acids is 1. The van der Waals surface area contributed by atoms with Crippen molar-refractivity contribution in [3.8, 4) is 0 Å². The number of allylic oxidation sites excluding steroid dienone is 2. The molecule has 1 aliphatic heterocycles. The molecule has 1 heterocycles. The predicted octanol–water partition coefficient (Wildman–Crippen LogP) is 3.27. The molecule has 0 aromatic heterocycles. The Morgan fingerprint density at radius 2 is 2.23 bits per heavy atom. The fraction of sp³-hybridized carbons (Fsp3) is 0.650. The zero-order chi connectivity index (χ0) is 19.3. The summed E-state index contributed by atoms with van der Waals surface area (Å²) >= 11 is 0. The maximum Gasteiger partial charge on any atom is 0.309 e. The van der Waals surface area contributed by atoms with Crippen molar-refractivity contribution in [1.29, 1.82) is 0 Å². The summed E-state index contributed by atoms with van der Waals surface area (Å²) in [7, 11) is 0. The third kappa shape index (κ3) is 4.74. The lowest BCUT2D eigenvalue weighted by molar-refractivity contribution is -0.148. The third-order valence-electron chi connectivity index (χ3n) is 5.16. The average Bonchev–Trinajstić information content (AvgIpc) is 3.04. The van der Waals surface area contributed by atoms with Gasteiger partial charge in [-0.15, -0.1) is 0 Å². The molecular weight excluding hydrogens is 328 g/mol. The molecule has 2 rings (SSSR count). The molecule has 0 bridgehead atoms. The molecule has 144 valence electrons. The van der Waals surface area contributed by atoms with Crippen molar-refractivity contribution in [3.05, 3.63) is 23.0 Å². The summed E-state index contributed by atoms with van der Waals surface area (Å²) in [4.78, 5) is 20.8. The molecule has 1 unspecified atom stereocenters. The van der Waals surface area contributed by atoms with Gasteiger partial charge in [-0.25, -0.2) is 4.99 Å². The van der Waals surface area contributed by atoms with Crippen LogP contribution in [0.3, 0.4) is 0 Å². The summed E-state index contributed by atoms with van der Waals surface area (Å²) < 4.78 is 0. The van der Waals surface area contributed by atoms with Crippen LogP contribution >= 0.6 is 0 Å². The van der Waals surface area contributed by atoms with Gasteiger partial charge in [0.15, 0.2) is 0 Å². The van der Waals surface area contributed by atoms with Crippen LogP contribution in [0.2, 0.25) is 0 Å². The Bertz CT molecular complexity index is 675. The molecule has 6 heteroatoms. The number of amidine groups is 1. The molecular formula is C20H32N4O2. The van der Waals surface area contributed by atoms with Crippen LogP contribution in [-0.2, 0) is 4.79 Å². The standard InChI is InChI=1S/C20H32N4O2/c1-6-11-21-17(14(3)18-22-12-13(2)23-18)24-15(4)16-7-9-20(5,10-8-16)19(25)26/h7,13,21H,6,8-12H2,1-5H3,(H,22,23)(H,25,26)/b17-14+,24-15?/t13-,20?/m1/s1. The van der Waals surface area contributed by atoms with E-state index in [1.165, 1.54) is 0 Å². The molecule has 2 atom stereocenters. The highest BCUT2D eigenvalue weighted by Gasteiger charge is 2.34. The fourth-order valence-corrected chi connectivity index (χ4v) is 3.12. The van der Waals surface area contributed by atoms with E-state index < -0.39 is 11.4 Å². The minimum atomic E-state index is -0.720. The number of carboxylic acids is 1. The highest BCUT2D eigenvalue weighted by atomic mass is 16.4. The number of carboxylic acid groups (broad SMARTS) is 1. The smallest absolute Gasteiger partial charge is 0.309 e. The molecule has 0 aromatic rings. The number of hydrogen-bond acceptors (Lipinski definition) is 5. The first kappa shape index (κ1) is 20.2. The zero-order valence-corrected chi connectivity index (χ0v) is 16.6. The van der Waals surface area contributed by atoms with E-state index in [4.69, 9.17) is 4.99 Å². The lowest BCUT2D eigenvalue weighted by Gasteiger charge is -2.28. The average molecular weight is 361 g/mol. The van der Waals surface area contributed by atoms with Gasteiger partial charge < -0.3 is 15.7 Å². The van der Waals surface area contributed by atoms with Crippen molar-refractivity contribution in [2.75, 3.05) is 13.1 Å². The predicted molar refractivity (Wildman–Crippen MR) is 107 cm³/mol. The minimum absolute atomic E-state index is 0.354. The van der Waals surface area contributed by atoms with E-state index in [1.807, 2.05) is 26.8 Å². The Kier molecular flexibility index (Phi) is 6.62. The Morgan fingerprint density at radius 3 is 2.73 bits per heavy atom. The number of hydrogen-bond donors (Lipinski definition) is 3. The van der Waals surface area contributed by atoms with Crippen LogP contribution in [-0.4, -0.2) is 41.8 Å².